The molecule has 0 unspecified atom stereocenters. The van der Waals surface area contributed by atoms with E-state index in [9.17, 15) is 0 Å². The van der Waals surface area contributed by atoms with Gasteiger partial charge in [0, 0.05) is 40.6 Å². The molecule has 3 rings (SSSR count). The third kappa shape index (κ3) is 4.49. The van der Waals surface area contributed by atoms with Crippen molar-refractivity contribution in [3.63, 3.8) is 0 Å². The lowest BCUT2D eigenvalue weighted by Crippen LogP contribution is -2.26. The van der Waals surface area contributed by atoms with Crippen LogP contribution < -0.4 is 10.2 Å². The van der Waals surface area contributed by atoms with E-state index in [1.165, 1.54) is 25.7 Å². The molecular weight excluding hydrogens is 331 g/mol. The minimum Gasteiger partial charge on any atom is -0.341 e. The Hall–Kier alpha value is -1.52. The van der Waals surface area contributed by atoms with Crippen molar-refractivity contribution < 1.29 is 0 Å². The largest absolute Gasteiger partial charge is 0.341 e. The van der Waals surface area contributed by atoms with Gasteiger partial charge >= 0.3 is 0 Å². The van der Waals surface area contributed by atoms with Gasteiger partial charge in [-0.15, -0.1) is 0 Å². The van der Waals surface area contributed by atoms with Crippen LogP contribution >= 0.6 is 23.2 Å². The number of rotatable bonds is 3. The fourth-order valence-corrected chi connectivity index (χ4v) is 3.33. The molecule has 1 aromatic carbocycles. The summed E-state index contributed by atoms with van der Waals surface area (Å²) in [6.45, 7) is 4.02. The zero-order valence-electron chi connectivity index (χ0n) is 13.1. The van der Waals surface area contributed by atoms with E-state index in [4.69, 9.17) is 23.2 Å². The van der Waals surface area contributed by atoms with Crippen molar-refractivity contribution >= 4 is 40.7 Å². The van der Waals surface area contributed by atoms with Gasteiger partial charge in [-0.1, -0.05) is 36.0 Å². The summed E-state index contributed by atoms with van der Waals surface area (Å²) in [6, 6.07) is 7.30. The molecule has 0 bridgehead atoms. The standard InChI is InChI=1S/C17H20Cl2N4/c1-12-8-16(21-15-10-13(18)9-14(19)11-15)22-17(20-12)23-6-4-2-3-5-7-23/h8-11H,2-7H2,1H3,(H,20,21,22). The first-order chi connectivity index (χ1) is 11.1. The predicted molar refractivity (Wildman–Crippen MR) is 97.2 cm³/mol. The van der Waals surface area contributed by atoms with Gasteiger partial charge in [0.2, 0.25) is 5.95 Å². The van der Waals surface area contributed by atoms with E-state index < -0.39 is 0 Å². The van der Waals surface area contributed by atoms with Crippen molar-refractivity contribution in [2.45, 2.75) is 32.6 Å². The molecule has 0 saturated carbocycles. The van der Waals surface area contributed by atoms with Crippen LogP contribution in [0.3, 0.4) is 0 Å². The number of hydrogen-bond donors (Lipinski definition) is 1. The molecule has 23 heavy (non-hydrogen) atoms. The lowest BCUT2D eigenvalue weighted by Gasteiger charge is -2.21. The Balaban J connectivity index is 1.84. The quantitative estimate of drug-likeness (QED) is 0.824. The molecule has 1 aliphatic heterocycles. The molecule has 1 N–H and O–H groups in total. The number of benzene rings is 1. The van der Waals surface area contributed by atoms with Crippen molar-refractivity contribution in [3.8, 4) is 0 Å². The fraction of sp³-hybridized carbons (Fsp3) is 0.412. The van der Waals surface area contributed by atoms with Gasteiger partial charge < -0.3 is 10.2 Å². The summed E-state index contributed by atoms with van der Waals surface area (Å²) < 4.78 is 0. The van der Waals surface area contributed by atoms with Crippen LogP contribution in [0.15, 0.2) is 24.3 Å². The molecule has 2 aromatic rings. The van der Waals surface area contributed by atoms with Crippen molar-refractivity contribution in [2.75, 3.05) is 23.3 Å². The highest BCUT2D eigenvalue weighted by Gasteiger charge is 2.14. The summed E-state index contributed by atoms with van der Waals surface area (Å²) in [5.74, 6) is 1.55. The molecule has 1 aromatic heterocycles. The molecule has 0 spiro atoms. The Morgan fingerprint density at radius 3 is 2.22 bits per heavy atom. The number of anilines is 3. The Morgan fingerprint density at radius 1 is 0.913 bits per heavy atom. The third-order valence-electron chi connectivity index (χ3n) is 3.87. The van der Waals surface area contributed by atoms with Gasteiger partial charge in [-0.2, -0.15) is 4.98 Å². The van der Waals surface area contributed by atoms with Crippen LogP contribution in [0.25, 0.3) is 0 Å². The lowest BCUT2D eigenvalue weighted by molar-refractivity contribution is 0.726. The normalized spacial score (nSPS) is 15.3. The molecule has 2 heterocycles. The van der Waals surface area contributed by atoms with Crippen molar-refractivity contribution in [1.82, 2.24) is 9.97 Å². The summed E-state index contributed by atoms with van der Waals surface area (Å²) in [7, 11) is 0. The van der Waals surface area contributed by atoms with Gasteiger partial charge in [0.05, 0.1) is 0 Å². The number of nitrogens with zero attached hydrogens (tertiary/aromatic N) is 3. The Morgan fingerprint density at radius 2 is 1.57 bits per heavy atom. The second-order valence-corrected chi connectivity index (χ2v) is 6.75. The maximum atomic E-state index is 6.05. The van der Waals surface area contributed by atoms with Gasteiger partial charge in [0.15, 0.2) is 0 Å². The first-order valence-electron chi connectivity index (χ1n) is 7.94. The fourth-order valence-electron chi connectivity index (χ4n) is 2.80. The van der Waals surface area contributed by atoms with Crippen LogP contribution in [0.5, 0.6) is 0 Å². The van der Waals surface area contributed by atoms with Crippen molar-refractivity contribution in [1.29, 1.82) is 0 Å². The first-order valence-corrected chi connectivity index (χ1v) is 8.69. The highest BCUT2D eigenvalue weighted by molar-refractivity contribution is 6.35. The average molecular weight is 351 g/mol. The number of aryl methyl sites for hydroxylation is 1. The van der Waals surface area contributed by atoms with Crippen molar-refractivity contribution in [3.05, 3.63) is 40.0 Å². The van der Waals surface area contributed by atoms with Crippen LogP contribution in [0.2, 0.25) is 10.0 Å². The van der Waals surface area contributed by atoms with Crippen LogP contribution in [0.1, 0.15) is 31.4 Å². The molecule has 0 amide bonds. The smallest absolute Gasteiger partial charge is 0.227 e. The molecule has 6 heteroatoms. The lowest BCUT2D eigenvalue weighted by atomic mass is 10.2. The highest BCUT2D eigenvalue weighted by Crippen LogP contribution is 2.26. The summed E-state index contributed by atoms with van der Waals surface area (Å²) in [6.07, 6.45) is 4.97. The SMILES string of the molecule is Cc1cc(Nc2cc(Cl)cc(Cl)c2)nc(N2CCCCCC2)n1. The van der Waals surface area contributed by atoms with Gasteiger partial charge in [0.1, 0.15) is 5.82 Å². The van der Waals surface area contributed by atoms with E-state index in [-0.39, 0.29) is 0 Å². The second-order valence-electron chi connectivity index (χ2n) is 5.88. The van der Waals surface area contributed by atoms with Gasteiger partial charge in [-0.25, -0.2) is 4.98 Å². The van der Waals surface area contributed by atoms with Crippen LogP contribution in [0.4, 0.5) is 17.5 Å². The number of hydrogen-bond acceptors (Lipinski definition) is 4. The van der Waals surface area contributed by atoms with E-state index in [1.54, 1.807) is 6.07 Å². The first kappa shape index (κ1) is 16.3. The van der Waals surface area contributed by atoms with E-state index in [1.807, 2.05) is 25.1 Å². The molecule has 0 atom stereocenters. The molecule has 4 nitrogen and oxygen atoms in total. The summed E-state index contributed by atoms with van der Waals surface area (Å²) >= 11 is 12.1. The third-order valence-corrected chi connectivity index (χ3v) is 4.30. The van der Waals surface area contributed by atoms with Gasteiger partial charge in [0.25, 0.3) is 0 Å². The van der Waals surface area contributed by atoms with E-state index in [0.29, 0.717) is 10.0 Å². The molecule has 122 valence electrons. The molecule has 1 saturated heterocycles. The Bertz CT molecular complexity index is 662. The Kier molecular flexibility index (Phi) is 5.23. The van der Waals surface area contributed by atoms with Crippen LogP contribution in [-0.4, -0.2) is 23.1 Å². The summed E-state index contributed by atoms with van der Waals surface area (Å²) in [5, 5.41) is 4.47. The summed E-state index contributed by atoms with van der Waals surface area (Å²) in [4.78, 5) is 11.5. The maximum absolute atomic E-state index is 6.05. The topological polar surface area (TPSA) is 41.1 Å². The monoisotopic (exact) mass is 350 g/mol. The summed E-state index contributed by atoms with van der Waals surface area (Å²) in [5.41, 5.74) is 1.76. The molecule has 1 fully saturated rings. The minimum absolute atomic E-state index is 0.596. The number of halogens is 2. The molecular formula is C17H20Cl2N4. The maximum Gasteiger partial charge on any atom is 0.227 e. The number of nitrogens with one attached hydrogen (secondary N) is 1. The van der Waals surface area contributed by atoms with Crippen molar-refractivity contribution in [2.24, 2.45) is 0 Å². The van der Waals surface area contributed by atoms with E-state index in [2.05, 4.69) is 20.2 Å². The molecule has 1 aliphatic rings. The zero-order valence-corrected chi connectivity index (χ0v) is 14.7. The average Bonchev–Trinajstić information content (AvgIpc) is 2.74. The van der Waals surface area contributed by atoms with E-state index in [0.717, 1.165) is 36.2 Å². The van der Waals surface area contributed by atoms with Gasteiger partial charge in [-0.05, 0) is 38.0 Å². The van der Waals surface area contributed by atoms with Crippen LogP contribution in [0, 0.1) is 6.92 Å². The Labute approximate surface area is 146 Å². The predicted octanol–water partition coefficient (Wildman–Crippen LogP) is 5.22. The number of aromatic nitrogens is 2. The second kappa shape index (κ2) is 7.37. The van der Waals surface area contributed by atoms with Crippen LogP contribution in [-0.2, 0) is 0 Å². The van der Waals surface area contributed by atoms with Gasteiger partial charge in [-0.3, -0.25) is 0 Å². The zero-order chi connectivity index (χ0) is 16.2. The molecule has 0 radical (unpaired) electrons. The highest BCUT2D eigenvalue weighted by atomic mass is 35.5. The minimum atomic E-state index is 0.596. The van der Waals surface area contributed by atoms with E-state index >= 15 is 0 Å². The molecule has 0 aliphatic carbocycles.